The summed E-state index contributed by atoms with van der Waals surface area (Å²) in [5, 5.41) is 2.80. The van der Waals surface area contributed by atoms with Crippen LogP contribution in [0.25, 0.3) is 0 Å². The van der Waals surface area contributed by atoms with Crippen LogP contribution in [0.2, 0.25) is 0 Å². The van der Waals surface area contributed by atoms with E-state index in [0.29, 0.717) is 11.3 Å². The van der Waals surface area contributed by atoms with Gasteiger partial charge in [-0.3, -0.25) is 14.5 Å². The molecule has 9 heteroatoms. The van der Waals surface area contributed by atoms with Gasteiger partial charge in [-0.1, -0.05) is 48.5 Å². The summed E-state index contributed by atoms with van der Waals surface area (Å²) < 4.78 is 41.0. The highest BCUT2D eigenvalue weighted by Gasteiger charge is 2.51. The Morgan fingerprint density at radius 3 is 2.29 bits per heavy atom. The fraction of sp³-hybridized carbons (Fsp3) is 0.231. The lowest BCUT2D eigenvalue weighted by Gasteiger charge is -2.47. The second-order valence-corrected chi connectivity index (χ2v) is 10.6. The van der Waals surface area contributed by atoms with E-state index in [1.807, 2.05) is 19.1 Å². The first-order chi connectivity index (χ1) is 16.6. The zero-order chi connectivity index (χ0) is 25.2. The molecule has 1 aliphatic rings. The summed E-state index contributed by atoms with van der Waals surface area (Å²) in [5.41, 5.74) is 0.441. The molecule has 0 spiro atoms. The van der Waals surface area contributed by atoms with E-state index in [1.54, 1.807) is 49.4 Å². The van der Waals surface area contributed by atoms with E-state index in [0.717, 1.165) is 9.87 Å². The number of piperazine rings is 1. The zero-order valence-electron chi connectivity index (χ0n) is 19.4. The molecule has 0 saturated carbocycles. The van der Waals surface area contributed by atoms with Crippen LogP contribution in [0, 0.1) is 12.7 Å². The Bertz CT molecular complexity index is 1350. The van der Waals surface area contributed by atoms with Gasteiger partial charge in [-0.2, -0.15) is 4.31 Å². The molecule has 182 valence electrons. The number of nitrogens with one attached hydrogen (secondary N) is 1. The van der Waals surface area contributed by atoms with Crippen molar-refractivity contribution >= 4 is 27.5 Å². The van der Waals surface area contributed by atoms with Crippen molar-refractivity contribution < 1.29 is 22.4 Å². The fourth-order valence-electron chi connectivity index (χ4n) is 4.24. The Morgan fingerprint density at radius 2 is 1.63 bits per heavy atom. The number of carbonyl (C=O) groups is 2. The van der Waals surface area contributed by atoms with Crippen LogP contribution in [0.1, 0.15) is 18.1 Å². The predicted molar refractivity (Wildman–Crippen MR) is 131 cm³/mol. The summed E-state index contributed by atoms with van der Waals surface area (Å²) in [6, 6.07) is 20.7. The van der Waals surface area contributed by atoms with E-state index in [4.69, 9.17) is 0 Å². The third-order valence-corrected chi connectivity index (χ3v) is 7.94. The van der Waals surface area contributed by atoms with Crippen molar-refractivity contribution in [3.05, 3.63) is 95.8 Å². The van der Waals surface area contributed by atoms with Crippen LogP contribution in [0.3, 0.4) is 0 Å². The van der Waals surface area contributed by atoms with Crippen molar-refractivity contribution in [3.8, 4) is 0 Å². The van der Waals surface area contributed by atoms with Crippen LogP contribution in [0.5, 0.6) is 0 Å². The number of hydrogen-bond acceptors (Lipinski definition) is 4. The molecule has 1 N–H and O–H groups in total. The SMILES string of the molecule is Cc1ccccc1N1C(=O)CN(S(=O)(=O)c2ccccc2)C[C@@]1(C)C(=O)NCc1ccc(F)cc1. The number of sulfonamides is 1. The van der Waals surface area contributed by atoms with E-state index in [1.165, 1.54) is 29.2 Å². The van der Waals surface area contributed by atoms with Gasteiger partial charge < -0.3 is 5.32 Å². The molecule has 1 fully saturated rings. The largest absolute Gasteiger partial charge is 0.350 e. The molecule has 4 rings (SSSR count). The van der Waals surface area contributed by atoms with Crippen molar-refractivity contribution in [2.24, 2.45) is 0 Å². The molecule has 35 heavy (non-hydrogen) atoms. The van der Waals surface area contributed by atoms with E-state index in [2.05, 4.69) is 5.32 Å². The van der Waals surface area contributed by atoms with Gasteiger partial charge in [0, 0.05) is 18.8 Å². The molecule has 7 nitrogen and oxygen atoms in total. The second kappa shape index (κ2) is 9.59. The average molecular weight is 496 g/mol. The first kappa shape index (κ1) is 24.6. The Labute approximate surface area is 204 Å². The Morgan fingerprint density at radius 1 is 1.00 bits per heavy atom. The van der Waals surface area contributed by atoms with Crippen molar-refractivity contribution in [1.29, 1.82) is 0 Å². The first-order valence-electron chi connectivity index (χ1n) is 11.1. The number of aryl methyl sites for hydroxylation is 1. The summed E-state index contributed by atoms with van der Waals surface area (Å²) in [4.78, 5) is 28.5. The van der Waals surface area contributed by atoms with Crippen molar-refractivity contribution in [1.82, 2.24) is 9.62 Å². The summed E-state index contributed by atoms with van der Waals surface area (Å²) in [5.74, 6) is -1.42. The highest BCUT2D eigenvalue weighted by molar-refractivity contribution is 7.89. The van der Waals surface area contributed by atoms with E-state index in [9.17, 15) is 22.4 Å². The third kappa shape index (κ3) is 4.82. The normalized spacial score (nSPS) is 18.9. The van der Waals surface area contributed by atoms with Gasteiger partial charge >= 0.3 is 0 Å². The lowest BCUT2D eigenvalue weighted by molar-refractivity contribution is -0.133. The highest BCUT2D eigenvalue weighted by atomic mass is 32.2. The number of hydrogen-bond donors (Lipinski definition) is 1. The molecule has 1 atom stereocenters. The molecular formula is C26H26FN3O4S. The molecule has 0 radical (unpaired) electrons. The number of benzene rings is 3. The number of anilines is 1. The van der Waals surface area contributed by atoms with Gasteiger partial charge in [0.05, 0.1) is 11.4 Å². The minimum atomic E-state index is -4.02. The lowest BCUT2D eigenvalue weighted by atomic mass is 9.93. The fourth-order valence-corrected chi connectivity index (χ4v) is 5.74. The Kier molecular flexibility index (Phi) is 6.73. The average Bonchev–Trinajstić information content (AvgIpc) is 2.84. The quantitative estimate of drug-likeness (QED) is 0.569. The maximum absolute atomic E-state index is 13.6. The van der Waals surface area contributed by atoms with Crippen LogP contribution in [0.4, 0.5) is 10.1 Å². The number of halogens is 1. The monoisotopic (exact) mass is 495 g/mol. The van der Waals surface area contributed by atoms with E-state index >= 15 is 0 Å². The summed E-state index contributed by atoms with van der Waals surface area (Å²) in [7, 11) is -4.02. The number of amides is 2. The van der Waals surface area contributed by atoms with Gasteiger partial charge in [0.2, 0.25) is 21.8 Å². The zero-order valence-corrected chi connectivity index (χ0v) is 20.3. The van der Waals surface area contributed by atoms with Gasteiger partial charge in [-0.15, -0.1) is 0 Å². The van der Waals surface area contributed by atoms with Crippen molar-refractivity contribution in [2.45, 2.75) is 30.8 Å². The maximum atomic E-state index is 13.6. The molecule has 3 aromatic carbocycles. The van der Waals surface area contributed by atoms with Crippen LogP contribution < -0.4 is 10.2 Å². The van der Waals surface area contributed by atoms with Gasteiger partial charge in [0.15, 0.2) is 0 Å². The molecule has 1 saturated heterocycles. The highest BCUT2D eigenvalue weighted by Crippen LogP contribution is 2.34. The van der Waals surface area contributed by atoms with Crippen LogP contribution in [0.15, 0.2) is 83.8 Å². The maximum Gasteiger partial charge on any atom is 0.247 e. The van der Waals surface area contributed by atoms with E-state index < -0.39 is 39.7 Å². The van der Waals surface area contributed by atoms with Gasteiger partial charge in [-0.05, 0) is 55.3 Å². The number of nitrogens with zero attached hydrogens (tertiary/aromatic N) is 2. The summed E-state index contributed by atoms with van der Waals surface area (Å²) in [6.45, 7) is 2.85. The Hall–Kier alpha value is -3.56. The number of para-hydroxylation sites is 1. The number of carbonyl (C=O) groups excluding carboxylic acids is 2. The molecular weight excluding hydrogens is 469 g/mol. The standard InChI is InChI=1S/C26H26FN3O4S/c1-19-8-6-7-11-23(19)30-24(31)17-29(35(33,34)22-9-4-3-5-10-22)18-26(30,2)25(32)28-16-20-12-14-21(27)15-13-20/h3-15H,16-18H2,1-2H3,(H,28,32)/t26-/m0/s1. The molecule has 1 heterocycles. The number of rotatable bonds is 6. The smallest absolute Gasteiger partial charge is 0.247 e. The minimum Gasteiger partial charge on any atom is -0.350 e. The molecule has 2 amide bonds. The molecule has 0 aromatic heterocycles. The van der Waals surface area contributed by atoms with Crippen LogP contribution in [-0.4, -0.2) is 43.2 Å². The summed E-state index contributed by atoms with van der Waals surface area (Å²) >= 11 is 0. The molecule has 3 aromatic rings. The molecule has 0 aliphatic carbocycles. The predicted octanol–water partition coefficient (Wildman–Crippen LogP) is 3.25. The van der Waals surface area contributed by atoms with Crippen molar-refractivity contribution in [3.63, 3.8) is 0 Å². The van der Waals surface area contributed by atoms with E-state index in [-0.39, 0.29) is 18.0 Å². The topological polar surface area (TPSA) is 86.8 Å². The second-order valence-electron chi connectivity index (χ2n) is 8.68. The first-order valence-corrected chi connectivity index (χ1v) is 12.5. The summed E-state index contributed by atoms with van der Waals surface area (Å²) in [6.07, 6.45) is 0. The van der Waals surface area contributed by atoms with Gasteiger partial charge in [0.1, 0.15) is 11.4 Å². The van der Waals surface area contributed by atoms with Crippen LogP contribution in [-0.2, 0) is 26.2 Å². The van der Waals surface area contributed by atoms with Crippen molar-refractivity contribution in [2.75, 3.05) is 18.0 Å². The Balaban J connectivity index is 1.71. The van der Waals surface area contributed by atoms with Crippen LogP contribution >= 0.6 is 0 Å². The van der Waals surface area contributed by atoms with Gasteiger partial charge in [0.25, 0.3) is 0 Å². The third-order valence-electron chi connectivity index (χ3n) is 6.13. The minimum absolute atomic E-state index is 0.0474. The van der Waals surface area contributed by atoms with Gasteiger partial charge in [-0.25, -0.2) is 12.8 Å². The molecule has 0 unspecified atom stereocenters. The molecule has 0 bridgehead atoms. The molecule has 1 aliphatic heterocycles. The lowest BCUT2D eigenvalue weighted by Crippen LogP contribution is -2.70.